The van der Waals surface area contributed by atoms with E-state index in [1.165, 1.54) is 57.7 Å². The third kappa shape index (κ3) is 9.00. The smallest absolute Gasteiger partial charge is 0.243 e. The summed E-state index contributed by atoms with van der Waals surface area (Å²) < 4.78 is 7.43. The van der Waals surface area contributed by atoms with Gasteiger partial charge < -0.3 is 9.84 Å². The van der Waals surface area contributed by atoms with Gasteiger partial charge in [0, 0.05) is 43.8 Å². The molecule has 0 spiro atoms. The number of aliphatic hydroxyl groups excluding tert-OH is 1. The maximum atomic E-state index is 13.7. The number of thiophene rings is 2. The average molecular weight is 866 g/mol. The molecule has 2 amide bonds. The van der Waals surface area contributed by atoms with Gasteiger partial charge in [0.2, 0.25) is 11.8 Å². The Balaban J connectivity index is 1.32. The highest BCUT2D eigenvalue weighted by Gasteiger charge is 2.55. The van der Waals surface area contributed by atoms with Gasteiger partial charge in [-0.3, -0.25) is 14.5 Å². The molecule has 8 heteroatoms. The summed E-state index contributed by atoms with van der Waals surface area (Å²) in [5.74, 6) is 0.649. The second-order valence-corrected chi connectivity index (χ2v) is 22.7. The number of amides is 2. The fraction of sp³-hybridized carbons (Fsp3) is 0.538. The number of allylic oxidation sites excluding steroid dienone is 1. The number of nitrogens with zero attached hydrogens (tertiary/aromatic N) is 1. The number of fused-ring (bicyclic) bond motifs is 3. The van der Waals surface area contributed by atoms with Gasteiger partial charge in [-0.1, -0.05) is 142 Å². The fourth-order valence-corrected chi connectivity index (χ4v) is 14.5. The van der Waals surface area contributed by atoms with Gasteiger partial charge in [0.15, 0.2) is 0 Å². The van der Waals surface area contributed by atoms with Crippen molar-refractivity contribution in [3.63, 3.8) is 0 Å². The summed E-state index contributed by atoms with van der Waals surface area (Å²) in [5, 5.41) is 12.0. The molecule has 0 radical (unpaired) electrons. The number of unbranched alkanes of at least 4 members (excludes halogenated alkanes) is 1. The van der Waals surface area contributed by atoms with Gasteiger partial charge in [-0.25, -0.2) is 0 Å². The average Bonchev–Trinajstić information content (AvgIpc) is 4.07. The number of ether oxygens (including phenoxy) is 1. The molecule has 5 nitrogen and oxygen atoms in total. The van der Waals surface area contributed by atoms with Crippen molar-refractivity contribution in [1.82, 2.24) is 4.90 Å². The summed E-state index contributed by atoms with van der Waals surface area (Å²) in [7, 11) is 1.60. The molecule has 4 aromatic rings. The number of hydrogen-bond donors (Lipinski definition) is 1. The second-order valence-electron chi connectivity index (χ2n) is 19.3. The van der Waals surface area contributed by atoms with Gasteiger partial charge in [0.1, 0.15) is 11.0 Å². The Labute approximate surface area is 372 Å². The quantitative estimate of drug-likeness (QED) is 0.0846. The van der Waals surface area contributed by atoms with Crippen LogP contribution in [-0.4, -0.2) is 46.3 Å². The van der Waals surface area contributed by atoms with Gasteiger partial charge in [0.05, 0.1) is 23.0 Å². The zero-order chi connectivity index (χ0) is 42.9. The SMILES string of the molecule is CCCCC(CC)Cc1ccc(C(C/C=C(\O)c2sc(C(C)c3ccccc3)c3c2SC2C(=O)N(C)C(=O)C32)(CCC(C)(C)C)C2OC(C(C)c3ccccc3)CC2C)s1. The number of benzene rings is 2. The van der Waals surface area contributed by atoms with Crippen LogP contribution in [0.5, 0.6) is 0 Å². The third-order valence-corrected chi connectivity index (χ3v) is 18.2. The largest absolute Gasteiger partial charge is 0.507 e. The lowest BCUT2D eigenvalue weighted by atomic mass is 9.67. The van der Waals surface area contributed by atoms with E-state index in [4.69, 9.17) is 4.74 Å². The van der Waals surface area contributed by atoms with Crippen molar-refractivity contribution in [1.29, 1.82) is 0 Å². The number of carbonyl (C=O) groups excluding carboxylic acids is 2. The van der Waals surface area contributed by atoms with Gasteiger partial charge in [-0.2, -0.15) is 0 Å². The highest BCUT2D eigenvalue weighted by molar-refractivity contribution is 8.01. The van der Waals surface area contributed by atoms with Crippen molar-refractivity contribution in [3.05, 3.63) is 115 Å². The molecule has 2 aromatic carbocycles. The molecule has 3 aliphatic rings. The van der Waals surface area contributed by atoms with Gasteiger partial charge in [0.25, 0.3) is 0 Å². The van der Waals surface area contributed by atoms with Crippen LogP contribution in [0.15, 0.2) is 83.8 Å². The predicted octanol–water partition coefficient (Wildman–Crippen LogP) is 13.9. The highest BCUT2D eigenvalue weighted by atomic mass is 32.2. The Bertz CT molecular complexity index is 2130. The summed E-state index contributed by atoms with van der Waals surface area (Å²) in [5.41, 5.74) is 3.11. The molecule has 2 fully saturated rings. The van der Waals surface area contributed by atoms with Crippen LogP contribution >= 0.6 is 34.4 Å². The summed E-state index contributed by atoms with van der Waals surface area (Å²) in [4.78, 5) is 34.0. The molecule has 0 saturated carbocycles. The Morgan fingerprint density at radius 2 is 1.62 bits per heavy atom. The van der Waals surface area contributed by atoms with Crippen LogP contribution in [-0.2, 0) is 26.2 Å². The van der Waals surface area contributed by atoms with Crippen molar-refractivity contribution in [3.8, 4) is 0 Å². The molecule has 0 aliphatic carbocycles. The molecule has 60 heavy (non-hydrogen) atoms. The van der Waals surface area contributed by atoms with E-state index in [1.807, 2.05) is 29.5 Å². The van der Waals surface area contributed by atoms with E-state index in [1.54, 1.807) is 18.4 Å². The van der Waals surface area contributed by atoms with Crippen LogP contribution in [0.4, 0.5) is 0 Å². The zero-order valence-electron chi connectivity index (χ0n) is 37.3. The first-order valence-corrected chi connectivity index (χ1v) is 25.1. The Hall–Kier alpha value is -3.17. The molecule has 0 bridgehead atoms. The number of imide groups is 1. The van der Waals surface area contributed by atoms with Crippen molar-refractivity contribution >= 4 is 52.0 Å². The summed E-state index contributed by atoms with van der Waals surface area (Å²) >= 11 is 5.04. The van der Waals surface area contributed by atoms with Crippen LogP contribution in [0, 0.1) is 17.3 Å². The normalized spacial score (nSPS) is 24.4. The molecular formula is C52H67NO4S3. The number of likely N-dealkylation sites (N-methyl/N-ethyl adjacent to an activating group) is 1. The van der Waals surface area contributed by atoms with Crippen molar-refractivity contribution < 1.29 is 19.4 Å². The Morgan fingerprint density at radius 1 is 0.933 bits per heavy atom. The maximum Gasteiger partial charge on any atom is 0.243 e. The Kier molecular flexibility index (Phi) is 14.0. The first-order chi connectivity index (χ1) is 28.7. The van der Waals surface area contributed by atoms with Gasteiger partial charge in [-0.05, 0) is 84.3 Å². The number of rotatable bonds is 17. The van der Waals surface area contributed by atoms with Crippen LogP contribution in [0.3, 0.4) is 0 Å². The minimum atomic E-state index is -0.530. The molecule has 9 unspecified atom stereocenters. The van der Waals surface area contributed by atoms with E-state index >= 15 is 0 Å². The van der Waals surface area contributed by atoms with Crippen LogP contribution in [0.25, 0.3) is 5.76 Å². The molecular weight excluding hydrogens is 799 g/mol. The number of thioether (sulfide) groups is 1. The van der Waals surface area contributed by atoms with Crippen molar-refractivity contribution in [2.24, 2.45) is 17.3 Å². The maximum absolute atomic E-state index is 13.7. The van der Waals surface area contributed by atoms with E-state index in [0.29, 0.717) is 18.3 Å². The topological polar surface area (TPSA) is 66.8 Å². The van der Waals surface area contributed by atoms with Crippen molar-refractivity contribution in [2.75, 3.05) is 7.05 Å². The first-order valence-electron chi connectivity index (χ1n) is 22.6. The monoisotopic (exact) mass is 865 g/mol. The lowest BCUT2D eigenvalue weighted by molar-refractivity contribution is -0.137. The van der Waals surface area contributed by atoms with Gasteiger partial charge >= 0.3 is 0 Å². The molecule has 7 rings (SSSR count). The first kappa shape index (κ1) is 44.9. The van der Waals surface area contributed by atoms with E-state index in [-0.39, 0.29) is 52.4 Å². The van der Waals surface area contributed by atoms with Crippen LogP contribution in [0.1, 0.15) is 161 Å². The molecule has 2 aromatic heterocycles. The van der Waals surface area contributed by atoms with E-state index in [2.05, 4.69) is 116 Å². The number of carbonyl (C=O) groups is 2. The van der Waals surface area contributed by atoms with Gasteiger partial charge in [-0.15, -0.1) is 34.4 Å². The molecule has 1 N–H and O–H groups in total. The molecule has 2 saturated heterocycles. The number of aliphatic hydroxyl groups is 1. The predicted molar refractivity (Wildman–Crippen MR) is 253 cm³/mol. The minimum Gasteiger partial charge on any atom is -0.507 e. The van der Waals surface area contributed by atoms with Crippen LogP contribution < -0.4 is 0 Å². The zero-order valence-corrected chi connectivity index (χ0v) is 39.8. The number of hydrogen-bond acceptors (Lipinski definition) is 7. The molecule has 5 heterocycles. The third-order valence-electron chi connectivity index (χ3n) is 13.9. The summed E-state index contributed by atoms with van der Waals surface area (Å²) in [6, 6.07) is 25.9. The van der Waals surface area contributed by atoms with E-state index in [0.717, 1.165) is 51.5 Å². The molecule has 322 valence electrons. The summed E-state index contributed by atoms with van der Waals surface area (Å²) in [6.45, 7) is 18.5. The number of likely N-dealkylation sites (tertiary alicyclic amines) is 1. The Morgan fingerprint density at radius 3 is 2.27 bits per heavy atom. The molecule has 3 aliphatic heterocycles. The second kappa shape index (κ2) is 18.7. The molecule has 9 atom stereocenters. The minimum absolute atomic E-state index is 0.00405. The lowest BCUT2D eigenvalue weighted by Gasteiger charge is -2.41. The van der Waals surface area contributed by atoms with Crippen molar-refractivity contribution in [2.45, 2.75) is 159 Å². The standard InChI is InChI=1S/C52H67NO4S3/c1-10-12-19-35(11-2)31-38-24-25-41(58-38)52(29-28-51(6,7)8,48-32(3)30-40(57-48)33(4)36-20-15-13-16-21-36)27-26-39(54)45-46-42(43-47(60-46)50(56)53(9)49(43)55)44(59-45)34(5)37-22-17-14-18-23-37/h13-18,20-26,32-35,40,43,47-48,54H,10-12,19,27-31H2,1-9H3/b39-26-. The fourth-order valence-electron chi connectivity index (χ4n) is 10.1. The lowest BCUT2D eigenvalue weighted by Crippen LogP contribution is -2.43. The highest BCUT2D eigenvalue weighted by Crippen LogP contribution is 2.59. The summed E-state index contributed by atoms with van der Waals surface area (Å²) in [6.07, 6.45) is 11.7. The van der Waals surface area contributed by atoms with E-state index < -0.39 is 11.2 Å². The van der Waals surface area contributed by atoms with Crippen LogP contribution in [0.2, 0.25) is 0 Å². The van der Waals surface area contributed by atoms with E-state index in [9.17, 15) is 14.7 Å².